The van der Waals surface area contributed by atoms with Crippen molar-refractivity contribution < 1.29 is 13.6 Å². The Morgan fingerprint density at radius 3 is 2.61 bits per heavy atom. The van der Waals surface area contributed by atoms with Crippen LogP contribution >= 0.6 is 0 Å². The van der Waals surface area contributed by atoms with Crippen LogP contribution in [0.25, 0.3) is 0 Å². The van der Waals surface area contributed by atoms with Crippen molar-refractivity contribution in [1.29, 1.82) is 0 Å². The molecule has 1 fully saturated rings. The first-order chi connectivity index (χ1) is 11.0. The van der Waals surface area contributed by atoms with Crippen LogP contribution in [0.1, 0.15) is 12.5 Å². The van der Waals surface area contributed by atoms with Gasteiger partial charge in [0.05, 0.1) is 6.04 Å². The second-order valence-corrected chi connectivity index (χ2v) is 5.59. The van der Waals surface area contributed by atoms with E-state index >= 15 is 0 Å². The van der Waals surface area contributed by atoms with Gasteiger partial charge >= 0.3 is 6.03 Å². The minimum Gasteiger partial charge on any atom is -0.381 e. The van der Waals surface area contributed by atoms with Crippen molar-refractivity contribution in [3.8, 4) is 0 Å². The molecule has 2 aromatic rings. The van der Waals surface area contributed by atoms with E-state index < -0.39 is 11.6 Å². The molecule has 1 heterocycles. The van der Waals surface area contributed by atoms with Crippen LogP contribution in [0.4, 0.5) is 25.0 Å². The zero-order chi connectivity index (χ0) is 16.4. The van der Waals surface area contributed by atoms with Crippen molar-refractivity contribution in [2.75, 3.05) is 16.8 Å². The van der Waals surface area contributed by atoms with Crippen LogP contribution in [-0.4, -0.2) is 18.6 Å². The SMILES string of the molecule is CC1CNC(=O)N1c1cccc(NCc2cc(F)cc(F)c2)c1. The van der Waals surface area contributed by atoms with Gasteiger partial charge in [0, 0.05) is 30.5 Å². The number of hydrogen-bond acceptors (Lipinski definition) is 2. The highest BCUT2D eigenvalue weighted by atomic mass is 19.1. The van der Waals surface area contributed by atoms with E-state index in [0.717, 1.165) is 17.4 Å². The summed E-state index contributed by atoms with van der Waals surface area (Å²) < 4.78 is 26.4. The van der Waals surface area contributed by atoms with Gasteiger partial charge in [-0.05, 0) is 42.8 Å². The standard InChI is InChI=1S/C17H17F2N3O/c1-11-9-21-17(23)22(11)16-4-2-3-15(8-16)20-10-12-5-13(18)7-14(19)6-12/h2-8,11,20H,9-10H2,1H3,(H,21,23). The van der Waals surface area contributed by atoms with Gasteiger partial charge in [0.15, 0.2) is 0 Å². The van der Waals surface area contributed by atoms with Crippen LogP contribution < -0.4 is 15.5 Å². The molecule has 0 radical (unpaired) electrons. The van der Waals surface area contributed by atoms with E-state index in [9.17, 15) is 13.6 Å². The zero-order valence-corrected chi connectivity index (χ0v) is 12.6. The second-order valence-electron chi connectivity index (χ2n) is 5.59. The number of carbonyl (C=O) groups is 1. The number of urea groups is 1. The number of rotatable bonds is 4. The first-order valence-corrected chi connectivity index (χ1v) is 7.39. The summed E-state index contributed by atoms with van der Waals surface area (Å²) in [7, 11) is 0. The molecule has 6 heteroatoms. The normalized spacial score (nSPS) is 17.3. The lowest BCUT2D eigenvalue weighted by Gasteiger charge is -2.20. The van der Waals surface area contributed by atoms with Crippen LogP contribution in [0, 0.1) is 11.6 Å². The third-order valence-electron chi connectivity index (χ3n) is 3.75. The van der Waals surface area contributed by atoms with E-state index in [1.807, 2.05) is 31.2 Å². The van der Waals surface area contributed by atoms with Gasteiger partial charge in [-0.1, -0.05) is 6.07 Å². The smallest absolute Gasteiger partial charge is 0.322 e. The van der Waals surface area contributed by atoms with E-state index in [1.165, 1.54) is 12.1 Å². The molecule has 1 atom stereocenters. The monoisotopic (exact) mass is 317 g/mol. The number of anilines is 2. The van der Waals surface area contributed by atoms with Gasteiger partial charge in [-0.25, -0.2) is 13.6 Å². The Hall–Kier alpha value is -2.63. The Morgan fingerprint density at radius 2 is 1.96 bits per heavy atom. The predicted octanol–water partition coefficient (Wildman–Crippen LogP) is 3.50. The lowest BCUT2D eigenvalue weighted by Crippen LogP contribution is -2.32. The van der Waals surface area contributed by atoms with E-state index in [-0.39, 0.29) is 12.1 Å². The molecule has 2 amide bonds. The molecule has 2 aromatic carbocycles. The van der Waals surface area contributed by atoms with Crippen molar-refractivity contribution in [2.24, 2.45) is 0 Å². The first kappa shape index (κ1) is 15.3. The molecule has 120 valence electrons. The summed E-state index contributed by atoms with van der Waals surface area (Å²) in [6.07, 6.45) is 0. The highest BCUT2D eigenvalue weighted by Gasteiger charge is 2.28. The molecular weight excluding hydrogens is 300 g/mol. The fourth-order valence-electron chi connectivity index (χ4n) is 2.67. The minimum absolute atomic E-state index is 0.0788. The highest BCUT2D eigenvalue weighted by molar-refractivity contribution is 5.95. The third-order valence-corrected chi connectivity index (χ3v) is 3.75. The van der Waals surface area contributed by atoms with Crippen molar-refractivity contribution >= 4 is 17.4 Å². The number of nitrogens with one attached hydrogen (secondary N) is 2. The van der Waals surface area contributed by atoms with Crippen LogP contribution in [0.5, 0.6) is 0 Å². The van der Waals surface area contributed by atoms with Gasteiger partial charge < -0.3 is 10.6 Å². The number of hydrogen-bond donors (Lipinski definition) is 2. The van der Waals surface area contributed by atoms with Gasteiger partial charge in [0.1, 0.15) is 11.6 Å². The molecule has 4 nitrogen and oxygen atoms in total. The molecule has 0 aliphatic carbocycles. The van der Waals surface area contributed by atoms with Crippen molar-refractivity contribution in [3.63, 3.8) is 0 Å². The summed E-state index contributed by atoms with van der Waals surface area (Å²) in [4.78, 5) is 13.5. The second kappa shape index (κ2) is 6.24. The number of halogens is 2. The third kappa shape index (κ3) is 3.41. The molecule has 0 saturated carbocycles. The van der Waals surface area contributed by atoms with Crippen molar-refractivity contribution in [2.45, 2.75) is 19.5 Å². The van der Waals surface area contributed by atoms with Crippen molar-refractivity contribution in [1.82, 2.24) is 5.32 Å². The van der Waals surface area contributed by atoms with Gasteiger partial charge in [0.2, 0.25) is 0 Å². The highest BCUT2D eigenvalue weighted by Crippen LogP contribution is 2.24. The fourth-order valence-corrected chi connectivity index (χ4v) is 2.67. The van der Waals surface area contributed by atoms with E-state index in [4.69, 9.17) is 0 Å². The number of benzene rings is 2. The zero-order valence-electron chi connectivity index (χ0n) is 12.6. The summed E-state index contributed by atoms with van der Waals surface area (Å²) in [5, 5.41) is 5.91. The molecule has 2 N–H and O–H groups in total. The van der Waals surface area contributed by atoms with E-state index in [0.29, 0.717) is 18.7 Å². The first-order valence-electron chi connectivity index (χ1n) is 7.39. The molecule has 3 rings (SSSR count). The fraction of sp³-hybridized carbons (Fsp3) is 0.235. The molecule has 1 unspecified atom stereocenters. The molecule has 0 aromatic heterocycles. The number of carbonyl (C=O) groups excluding carboxylic acids is 1. The van der Waals surface area contributed by atoms with E-state index in [2.05, 4.69) is 10.6 Å². The summed E-state index contributed by atoms with van der Waals surface area (Å²) in [6, 6.07) is 10.8. The maximum atomic E-state index is 13.2. The average molecular weight is 317 g/mol. The number of nitrogens with zero attached hydrogens (tertiary/aromatic N) is 1. The van der Waals surface area contributed by atoms with E-state index in [1.54, 1.807) is 4.90 Å². The summed E-state index contributed by atoms with van der Waals surface area (Å²) in [6.45, 7) is 2.87. The molecule has 1 aliphatic heterocycles. The van der Waals surface area contributed by atoms with Crippen LogP contribution in [-0.2, 0) is 6.54 Å². The Bertz CT molecular complexity index is 715. The molecular formula is C17H17F2N3O. The Balaban J connectivity index is 1.74. The minimum atomic E-state index is -0.599. The summed E-state index contributed by atoms with van der Waals surface area (Å²) in [5.41, 5.74) is 2.07. The molecule has 0 spiro atoms. The number of amides is 2. The maximum Gasteiger partial charge on any atom is 0.322 e. The lowest BCUT2D eigenvalue weighted by molar-refractivity contribution is 0.252. The van der Waals surface area contributed by atoms with Gasteiger partial charge in [-0.15, -0.1) is 0 Å². The van der Waals surface area contributed by atoms with Crippen LogP contribution in [0.2, 0.25) is 0 Å². The van der Waals surface area contributed by atoms with Crippen molar-refractivity contribution in [3.05, 3.63) is 59.7 Å². The summed E-state index contributed by atoms with van der Waals surface area (Å²) >= 11 is 0. The Morgan fingerprint density at radius 1 is 1.22 bits per heavy atom. The molecule has 23 heavy (non-hydrogen) atoms. The quantitative estimate of drug-likeness (QED) is 0.906. The molecule has 1 saturated heterocycles. The maximum absolute atomic E-state index is 13.2. The molecule has 0 bridgehead atoms. The average Bonchev–Trinajstić information content (AvgIpc) is 2.84. The predicted molar refractivity (Wildman–Crippen MR) is 85.5 cm³/mol. The van der Waals surface area contributed by atoms with Crippen LogP contribution in [0.15, 0.2) is 42.5 Å². The topological polar surface area (TPSA) is 44.4 Å². The van der Waals surface area contributed by atoms with Crippen LogP contribution in [0.3, 0.4) is 0 Å². The summed E-state index contributed by atoms with van der Waals surface area (Å²) in [5.74, 6) is -1.20. The largest absolute Gasteiger partial charge is 0.381 e. The Kier molecular flexibility index (Phi) is 4.14. The van der Waals surface area contributed by atoms with Gasteiger partial charge in [-0.3, -0.25) is 4.90 Å². The Labute approximate surface area is 133 Å². The molecule has 1 aliphatic rings. The van der Waals surface area contributed by atoms with Gasteiger partial charge in [0.25, 0.3) is 0 Å². The van der Waals surface area contributed by atoms with Gasteiger partial charge in [-0.2, -0.15) is 0 Å². The lowest BCUT2D eigenvalue weighted by atomic mass is 10.2.